The summed E-state index contributed by atoms with van der Waals surface area (Å²) in [5.74, 6) is -4.54. The van der Waals surface area contributed by atoms with Gasteiger partial charge < -0.3 is 25.6 Å². The van der Waals surface area contributed by atoms with Crippen molar-refractivity contribution in [2.24, 2.45) is 17.8 Å². The third-order valence-electron chi connectivity index (χ3n) is 10.7. The number of rotatable bonds is 20. The second kappa shape index (κ2) is 16.6. The number of methoxy groups -OCH3 is 1. The number of nitrogens with zero attached hydrogens (tertiary/aromatic N) is 5. The minimum atomic E-state index is -3.06. The van der Waals surface area contributed by atoms with Crippen molar-refractivity contribution in [1.82, 2.24) is 30.2 Å². The molecule has 1 aliphatic heterocycles. The van der Waals surface area contributed by atoms with Gasteiger partial charge in [0.15, 0.2) is 5.78 Å². The summed E-state index contributed by atoms with van der Waals surface area (Å²) in [6.45, 7) is 15.8. The van der Waals surface area contributed by atoms with E-state index < -0.39 is 40.4 Å². The van der Waals surface area contributed by atoms with Crippen LogP contribution in [0.5, 0.6) is 0 Å². The third-order valence-corrected chi connectivity index (χ3v) is 10.7. The number of aromatic nitrogens is 4. The average molecular weight is 700 g/mol. The maximum absolute atomic E-state index is 14.7. The van der Waals surface area contributed by atoms with Gasteiger partial charge in [-0.15, -0.1) is 5.10 Å². The number of ether oxygens (including phenoxy) is 2. The highest BCUT2D eigenvalue weighted by Crippen LogP contribution is 2.41. The number of carbonyl (C=O) groups excluding carboxylic acids is 2. The van der Waals surface area contributed by atoms with Crippen molar-refractivity contribution >= 4 is 31.5 Å². The molecule has 0 bridgehead atoms. The fraction of sp³-hybridized carbons (Fsp3) is 0.714. The lowest BCUT2D eigenvalue weighted by molar-refractivity contribution is -0.158. The molecule has 2 radical (unpaired) electrons. The Morgan fingerprint density at radius 1 is 1.20 bits per heavy atom. The SMILES string of the molecule is [B][C@H]([C@H](C)C(=O)[C@](C)(F)C(=O)O)[C@@](C)(C[C@@H](C)CN[C@H](C)[C@H]1N(CCCCn2cc(-c3cccc(N)n3)nn2)C(=O)O[C@]1(C)[C@H](C)CC)OC. The standard InChI is InChI=1S/C35H55BFN7O6/c1-10-22(3)35(8)29(24(5)39-19-21(2)18-33(6,49-9)28(36)23(4)30(45)34(7,37)31(46)47)44(32(48)50-35)17-12-11-16-43-20-26(41-42-43)25-14-13-15-27(38)40-25/h13-15,20-24,28-29,39H,10-12,16-19H2,1-9H3,(H2,38,40)(H,46,47)/t21-,22-,23+,24-,28-,29-,33-,34+,35-/m1/s1. The van der Waals surface area contributed by atoms with E-state index in [0.717, 1.165) is 26.2 Å². The van der Waals surface area contributed by atoms with Crippen LogP contribution in [0.4, 0.5) is 15.0 Å². The Labute approximate surface area is 296 Å². The highest BCUT2D eigenvalue weighted by atomic mass is 19.1. The van der Waals surface area contributed by atoms with Crippen LogP contribution in [-0.4, -0.2) is 105 Å². The Morgan fingerprint density at radius 3 is 2.46 bits per heavy atom. The topological polar surface area (TPSA) is 175 Å². The number of hydrogen-bond acceptors (Lipinski definition) is 10. The van der Waals surface area contributed by atoms with E-state index in [4.69, 9.17) is 23.1 Å². The molecule has 1 fully saturated rings. The van der Waals surface area contributed by atoms with Crippen LogP contribution >= 0.6 is 0 Å². The number of aliphatic carboxylic acids is 1. The Kier molecular flexibility index (Phi) is 13.6. The normalized spacial score (nSPS) is 23.3. The minimum absolute atomic E-state index is 0.0246. The van der Waals surface area contributed by atoms with E-state index in [0.29, 0.717) is 43.3 Å². The van der Waals surface area contributed by atoms with Crippen LogP contribution in [0.2, 0.25) is 5.82 Å². The smallest absolute Gasteiger partial charge is 0.410 e. The lowest BCUT2D eigenvalue weighted by Gasteiger charge is -2.42. The number of ketones is 1. The van der Waals surface area contributed by atoms with Crippen LogP contribution in [0, 0.1) is 17.8 Å². The number of nitrogens with two attached hydrogens (primary N) is 1. The number of nitrogen functional groups attached to an aromatic ring is 1. The van der Waals surface area contributed by atoms with E-state index in [1.54, 1.807) is 17.7 Å². The first-order valence-corrected chi connectivity index (χ1v) is 17.5. The van der Waals surface area contributed by atoms with E-state index >= 15 is 0 Å². The molecule has 13 nitrogen and oxygen atoms in total. The number of Topliss-reactive ketones (excluding diaryl/α,β-unsaturated/α-hetero) is 1. The number of cyclic esters (lactones) is 1. The summed E-state index contributed by atoms with van der Waals surface area (Å²) in [4.78, 5) is 43.6. The third kappa shape index (κ3) is 9.01. The largest absolute Gasteiger partial charge is 0.479 e. The number of aryl methyl sites for hydroxylation is 1. The molecule has 3 heterocycles. The molecule has 0 aliphatic carbocycles. The molecule has 1 saturated heterocycles. The first-order valence-electron chi connectivity index (χ1n) is 17.5. The Morgan fingerprint density at radius 2 is 1.86 bits per heavy atom. The molecule has 9 atom stereocenters. The molecular formula is C35H55BFN7O6. The quantitative estimate of drug-likeness (QED) is 0.0992. The van der Waals surface area contributed by atoms with Crippen molar-refractivity contribution in [2.45, 2.75) is 122 Å². The van der Waals surface area contributed by atoms with Gasteiger partial charge in [0.05, 0.1) is 31.4 Å². The van der Waals surface area contributed by atoms with Gasteiger partial charge in [-0.1, -0.05) is 39.0 Å². The lowest BCUT2D eigenvalue weighted by atomic mass is 9.62. The summed E-state index contributed by atoms with van der Waals surface area (Å²) in [7, 11) is 7.92. The molecule has 2 aromatic rings. The number of unbranched alkanes of at least 4 members (excludes halogenated alkanes) is 1. The van der Waals surface area contributed by atoms with Crippen LogP contribution in [0.1, 0.15) is 81.1 Å². The van der Waals surface area contributed by atoms with Gasteiger partial charge in [0.2, 0.25) is 0 Å². The minimum Gasteiger partial charge on any atom is -0.479 e. The highest BCUT2D eigenvalue weighted by molar-refractivity contribution is 6.17. The predicted octanol–water partition coefficient (Wildman–Crippen LogP) is 4.71. The molecule has 1 amide bonds. The molecule has 4 N–H and O–H groups in total. The van der Waals surface area contributed by atoms with E-state index in [1.807, 2.05) is 44.0 Å². The zero-order valence-corrected chi connectivity index (χ0v) is 31.0. The molecule has 1 aliphatic rings. The lowest BCUT2D eigenvalue weighted by Crippen LogP contribution is -2.58. The fourth-order valence-corrected chi connectivity index (χ4v) is 7.04. The van der Waals surface area contributed by atoms with Crippen LogP contribution < -0.4 is 11.1 Å². The number of carboxylic acid groups (broad SMARTS) is 1. The summed E-state index contributed by atoms with van der Waals surface area (Å²) >= 11 is 0. The van der Waals surface area contributed by atoms with E-state index in [-0.39, 0.29) is 30.0 Å². The highest BCUT2D eigenvalue weighted by Gasteiger charge is 2.55. The Bertz CT molecular complexity index is 1480. The summed E-state index contributed by atoms with van der Waals surface area (Å²) in [5, 5.41) is 21.3. The number of nitrogens with one attached hydrogen (secondary N) is 1. The van der Waals surface area contributed by atoms with Gasteiger partial charge >= 0.3 is 12.1 Å². The van der Waals surface area contributed by atoms with Gasteiger partial charge in [-0.25, -0.2) is 19.0 Å². The number of carbonyl (C=O) groups is 3. The summed E-state index contributed by atoms with van der Waals surface area (Å²) in [6.07, 6.45) is 4.20. The van der Waals surface area contributed by atoms with Crippen molar-refractivity contribution in [3.63, 3.8) is 0 Å². The number of alkyl halides is 1. The summed E-state index contributed by atoms with van der Waals surface area (Å²) < 4.78 is 28.3. The van der Waals surface area contributed by atoms with Crippen molar-refractivity contribution in [2.75, 3.05) is 25.9 Å². The summed E-state index contributed by atoms with van der Waals surface area (Å²) in [5.41, 5.74) is 2.26. The molecule has 0 spiro atoms. The molecule has 50 heavy (non-hydrogen) atoms. The van der Waals surface area contributed by atoms with Crippen LogP contribution in [-0.2, 0) is 25.6 Å². The Balaban J connectivity index is 1.65. The zero-order valence-electron chi connectivity index (χ0n) is 31.0. The molecule has 15 heteroatoms. The van der Waals surface area contributed by atoms with Gasteiger partial charge in [0.25, 0.3) is 5.67 Å². The van der Waals surface area contributed by atoms with Gasteiger partial charge in [-0.05, 0) is 89.7 Å². The molecular weight excluding hydrogens is 644 g/mol. The van der Waals surface area contributed by atoms with Crippen molar-refractivity contribution < 1.29 is 33.4 Å². The first kappa shape index (κ1) is 40.8. The first-order chi connectivity index (χ1) is 23.3. The number of amides is 1. The molecule has 2 aromatic heterocycles. The molecule has 3 rings (SSSR count). The number of halogens is 1. The molecule has 0 aromatic carbocycles. The van der Waals surface area contributed by atoms with E-state index in [9.17, 15) is 23.9 Å². The van der Waals surface area contributed by atoms with E-state index in [1.165, 1.54) is 14.0 Å². The van der Waals surface area contributed by atoms with Gasteiger partial charge in [-0.3, -0.25) is 14.4 Å². The maximum Gasteiger partial charge on any atom is 0.410 e. The molecule has 0 saturated carbocycles. The number of pyridine rings is 1. The van der Waals surface area contributed by atoms with E-state index in [2.05, 4.69) is 34.5 Å². The van der Waals surface area contributed by atoms with Crippen LogP contribution in [0.3, 0.4) is 0 Å². The van der Waals surface area contributed by atoms with Gasteiger partial charge in [-0.2, -0.15) is 0 Å². The monoisotopic (exact) mass is 699 g/mol. The fourth-order valence-electron chi connectivity index (χ4n) is 7.04. The number of carboxylic acids is 1. The Hall–Kier alpha value is -3.59. The number of anilines is 1. The summed E-state index contributed by atoms with van der Waals surface area (Å²) in [6, 6.07) is 4.95. The van der Waals surface area contributed by atoms with Gasteiger partial charge in [0, 0.05) is 32.2 Å². The second-order valence-corrected chi connectivity index (χ2v) is 14.5. The molecule has 0 unspecified atom stereocenters. The second-order valence-electron chi connectivity index (χ2n) is 14.5. The van der Waals surface area contributed by atoms with Crippen molar-refractivity contribution in [3.05, 3.63) is 24.4 Å². The molecule has 276 valence electrons. The predicted molar refractivity (Wildman–Crippen MR) is 189 cm³/mol. The van der Waals surface area contributed by atoms with Crippen molar-refractivity contribution in [3.8, 4) is 11.4 Å². The van der Waals surface area contributed by atoms with Crippen LogP contribution in [0.15, 0.2) is 24.4 Å². The average Bonchev–Trinajstić information content (AvgIpc) is 3.65. The van der Waals surface area contributed by atoms with Crippen LogP contribution in [0.25, 0.3) is 11.4 Å². The van der Waals surface area contributed by atoms with Crippen molar-refractivity contribution in [1.29, 1.82) is 0 Å². The van der Waals surface area contributed by atoms with Gasteiger partial charge in [0.1, 0.15) is 17.1 Å². The zero-order chi connectivity index (χ0) is 37.6. The maximum atomic E-state index is 14.7. The number of hydrogen-bond donors (Lipinski definition) is 3.